The van der Waals surface area contributed by atoms with Gasteiger partial charge in [0.25, 0.3) is 0 Å². The lowest BCUT2D eigenvalue weighted by Gasteiger charge is -2.44. The van der Waals surface area contributed by atoms with Crippen LogP contribution >= 0.6 is 0 Å². The summed E-state index contributed by atoms with van der Waals surface area (Å²) in [6, 6.07) is 0. The van der Waals surface area contributed by atoms with Gasteiger partial charge in [-0.05, 0) is 31.6 Å². The van der Waals surface area contributed by atoms with Gasteiger partial charge in [0.05, 0.1) is 11.7 Å². The van der Waals surface area contributed by atoms with Crippen molar-refractivity contribution in [3.05, 3.63) is 0 Å². The van der Waals surface area contributed by atoms with Gasteiger partial charge in [-0.3, -0.25) is 0 Å². The van der Waals surface area contributed by atoms with Gasteiger partial charge < -0.3 is 9.84 Å². The van der Waals surface area contributed by atoms with E-state index in [1.54, 1.807) is 0 Å². The minimum Gasteiger partial charge on any atom is -0.390 e. The predicted molar refractivity (Wildman–Crippen MR) is 62.8 cm³/mol. The van der Waals surface area contributed by atoms with Crippen LogP contribution in [0.4, 0.5) is 0 Å². The average molecular weight is 214 g/mol. The van der Waals surface area contributed by atoms with Crippen molar-refractivity contribution in [1.82, 2.24) is 0 Å². The fourth-order valence-corrected chi connectivity index (χ4v) is 2.92. The first kappa shape index (κ1) is 13.0. The molecule has 90 valence electrons. The zero-order valence-corrected chi connectivity index (χ0v) is 10.6. The summed E-state index contributed by atoms with van der Waals surface area (Å²) in [6.07, 6.45) is 4.18. The van der Waals surface area contributed by atoms with Gasteiger partial charge in [0.2, 0.25) is 0 Å². The summed E-state index contributed by atoms with van der Waals surface area (Å²) >= 11 is 0. The molecule has 0 spiro atoms. The largest absolute Gasteiger partial charge is 0.390 e. The molecule has 3 unspecified atom stereocenters. The Hall–Kier alpha value is -0.0800. The van der Waals surface area contributed by atoms with E-state index in [2.05, 4.69) is 20.8 Å². The number of rotatable bonds is 4. The maximum absolute atomic E-state index is 10.3. The number of ether oxygens (including phenoxy) is 1. The number of aliphatic hydroxyl groups excluding tert-OH is 1. The SMILES string of the molecule is CCOC1(C(O)C(C)C)CCCC(C)C1. The van der Waals surface area contributed by atoms with Crippen molar-refractivity contribution in [3.8, 4) is 0 Å². The third-order valence-electron chi connectivity index (χ3n) is 3.59. The first-order chi connectivity index (χ1) is 7.02. The summed E-state index contributed by atoms with van der Waals surface area (Å²) in [4.78, 5) is 0. The molecule has 0 heterocycles. The van der Waals surface area contributed by atoms with Crippen molar-refractivity contribution in [2.24, 2.45) is 11.8 Å². The zero-order valence-electron chi connectivity index (χ0n) is 10.6. The maximum atomic E-state index is 10.3. The van der Waals surface area contributed by atoms with Crippen molar-refractivity contribution >= 4 is 0 Å². The van der Waals surface area contributed by atoms with Crippen LogP contribution in [-0.4, -0.2) is 23.4 Å². The second kappa shape index (κ2) is 5.31. The zero-order chi connectivity index (χ0) is 11.5. The molecule has 1 aliphatic rings. The van der Waals surface area contributed by atoms with Gasteiger partial charge in [-0.15, -0.1) is 0 Å². The van der Waals surface area contributed by atoms with Gasteiger partial charge in [-0.25, -0.2) is 0 Å². The van der Waals surface area contributed by atoms with Crippen LogP contribution in [0.3, 0.4) is 0 Å². The molecule has 1 N–H and O–H groups in total. The molecule has 0 aromatic heterocycles. The van der Waals surface area contributed by atoms with Crippen LogP contribution in [0.5, 0.6) is 0 Å². The molecule has 0 bridgehead atoms. The highest BCUT2D eigenvalue weighted by atomic mass is 16.5. The molecule has 2 nitrogen and oxygen atoms in total. The standard InChI is InChI=1S/C13H26O2/c1-5-15-13(12(14)10(2)3)8-6-7-11(4)9-13/h10-12,14H,5-9H2,1-4H3. The van der Waals surface area contributed by atoms with Crippen molar-refractivity contribution in [1.29, 1.82) is 0 Å². The Kier molecular flexibility index (Phi) is 4.60. The van der Waals surface area contributed by atoms with E-state index in [0.29, 0.717) is 12.5 Å². The Morgan fingerprint density at radius 1 is 1.47 bits per heavy atom. The van der Waals surface area contributed by atoms with Crippen molar-refractivity contribution in [2.45, 2.75) is 65.1 Å². The number of hydrogen-bond acceptors (Lipinski definition) is 2. The van der Waals surface area contributed by atoms with Gasteiger partial charge in [-0.2, -0.15) is 0 Å². The maximum Gasteiger partial charge on any atom is 0.0945 e. The molecule has 0 aromatic carbocycles. The van der Waals surface area contributed by atoms with Gasteiger partial charge >= 0.3 is 0 Å². The molecule has 0 saturated heterocycles. The van der Waals surface area contributed by atoms with E-state index in [0.717, 1.165) is 12.8 Å². The summed E-state index contributed by atoms with van der Waals surface area (Å²) in [6.45, 7) is 9.14. The van der Waals surface area contributed by atoms with E-state index < -0.39 is 0 Å². The van der Waals surface area contributed by atoms with E-state index in [1.807, 2.05) is 6.92 Å². The molecule has 1 fully saturated rings. The first-order valence-corrected chi connectivity index (χ1v) is 6.34. The van der Waals surface area contributed by atoms with Gasteiger partial charge in [0, 0.05) is 6.61 Å². The van der Waals surface area contributed by atoms with Gasteiger partial charge in [0.1, 0.15) is 0 Å². The summed E-state index contributed by atoms with van der Waals surface area (Å²) in [5, 5.41) is 10.3. The van der Waals surface area contributed by atoms with Crippen LogP contribution in [0.25, 0.3) is 0 Å². The smallest absolute Gasteiger partial charge is 0.0945 e. The molecular formula is C13H26O2. The molecule has 1 aliphatic carbocycles. The van der Waals surface area contributed by atoms with E-state index >= 15 is 0 Å². The fraction of sp³-hybridized carbons (Fsp3) is 1.00. The van der Waals surface area contributed by atoms with Crippen LogP contribution in [0.1, 0.15) is 53.4 Å². The third-order valence-corrected chi connectivity index (χ3v) is 3.59. The summed E-state index contributed by atoms with van der Waals surface area (Å²) in [5.74, 6) is 0.959. The van der Waals surface area contributed by atoms with Crippen molar-refractivity contribution < 1.29 is 9.84 Å². The first-order valence-electron chi connectivity index (χ1n) is 6.34. The molecule has 0 amide bonds. The summed E-state index contributed by atoms with van der Waals surface area (Å²) < 4.78 is 5.91. The Morgan fingerprint density at radius 3 is 2.60 bits per heavy atom. The fourth-order valence-electron chi connectivity index (χ4n) is 2.92. The lowest BCUT2D eigenvalue weighted by atomic mass is 9.73. The van der Waals surface area contributed by atoms with Crippen LogP contribution < -0.4 is 0 Å². The molecule has 1 rings (SSSR count). The van der Waals surface area contributed by atoms with E-state index in [9.17, 15) is 5.11 Å². The summed E-state index contributed by atoms with van der Waals surface area (Å²) in [7, 11) is 0. The lowest BCUT2D eigenvalue weighted by molar-refractivity contribution is -0.160. The van der Waals surface area contributed by atoms with E-state index in [4.69, 9.17) is 4.74 Å². The molecule has 3 atom stereocenters. The molecule has 2 heteroatoms. The van der Waals surface area contributed by atoms with Gasteiger partial charge in [-0.1, -0.05) is 33.6 Å². The average Bonchev–Trinajstić information content (AvgIpc) is 2.17. The molecule has 15 heavy (non-hydrogen) atoms. The van der Waals surface area contributed by atoms with E-state index in [1.165, 1.54) is 12.8 Å². The van der Waals surface area contributed by atoms with Crippen LogP contribution in [-0.2, 0) is 4.74 Å². The van der Waals surface area contributed by atoms with Crippen LogP contribution in [0.2, 0.25) is 0 Å². The molecule has 0 aliphatic heterocycles. The Morgan fingerprint density at radius 2 is 2.13 bits per heavy atom. The van der Waals surface area contributed by atoms with Crippen molar-refractivity contribution in [2.75, 3.05) is 6.61 Å². The molecule has 1 saturated carbocycles. The second-order valence-corrected chi connectivity index (χ2v) is 5.39. The number of aliphatic hydroxyl groups is 1. The highest BCUT2D eigenvalue weighted by Gasteiger charge is 2.43. The molecular weight excluding hydrogens is 188 g/mol. The Labute approximate surface area is 94.0 Å². The molecule has 0 aromatic rings. The van der Waals surface area contributed by atoms with Crippen LogP contribution in [0.15, 0.2) is 0 Å². The number of hydrogen-bond donors (Lipinski definition) is 1. The Balaban J connectivity index is 2.76. The lowest BCUT2D eigenvalue weighted by Crippen LogP contribution is -2.50. The Bertz CT molecular complexity index is 187. The second-order valence-electron chi connectivity index (χ2n) is 5.39. The quantitative estimate of drug-likeness (QED) is 0.779. The third kappa shape index (κ3) is 2.94. The monoisotopic (exact) mass is 214 g/mol. The molecule has 0 radical (unpaired) electrons. The predicted octanol–water partition coefficient (Wildman–Crippen LogP) is 2.99. The minimum absolute atomic E-state index is 0.263. The van der Waals surface area contributed by atoms with Crippen LogP contribution in [0, 0.1) is 11.8 Å². The van der Waals surface area contributed by atoms with Gasteiger partial charge in [0.15, 0.2) is 0 Å². The minimum atomic E-state index is -0.319. The highest BCUT2D eigenvalue weighted by Crippen LogP contribution is 2.39. The topological polar surface area (TPSA) is 29.5 Å². The summed E-state index contributed by atoms with van der Waals surface area (Å²) in [5.41, 5.74) is -0.263. The highest BCUT2D eigenvalue weighted by molar-refractivity contribution is 4.94. The normalized spacial score (nSPS) is 34.4. The van der Waals surface area contributed by atoms with Crippen molar-refractivity contribution in [3.63, 3.8) is 0 Å². The van der Waals surface area contributed by atoms with E-state index in [-0.39, 0.29) is 17.6 Å².